The topological polar surface area (TPSA) is 85.9 Å². The highest BCUT2D eigenvalue weighted by Gasteiger charge is 2.53. The van der Waals surface area contributed by atoms with E-state index in [4.69, 9.17) is 0 Å². The van der Waals surface area contributed by atoms with E-state index in [1.165, 1.54) is 6.42 Å². The molecule has 1 saturated carbocycles. The van der Waals surface area contributed by atoms with Gasteiger partial charge in [-0.2, -0.15) is 9.40 Å². The average molecular weight is 393 g/mol. The van der Waals surface area contributed by atoms with Gasteiger partial charge in [0.2, 0.25) is 10.0 Å². The van der Waals surface area contributed by atoms with Crippen LogP contribution in [0.1, 0.15) is 45.7 Å². The van der Waals surface area contributed by atoms with Crippen molar-refractivity contribution in [3.8, 4) is 0 Å². The van der Waals surface area contributed by atoms with E-state index in [9.17, 15) is 8.42 Å². The molecule has 0 radical (unpaired) electrons. The first-order chi connectivity index (χ1) is 12.6. The molecule has 1 spiro atoms. The van der Waals surface area contributed by atoms with Gasteiger partial charge in [-0.3, -0.25) is 4.68 Å². The third-order valence-electron chi connectivity index (χ3n) is 6.15. The normalized spacial score (nSPS) is 23.0. The van der Waals surface area contributed by atoms with E-state index in [-0.39, 0.29) is 16.7 Å². The SMILES string of the molecule is Cn1cc(S(=O)(=O)N2CC(Cn3cnnc3)C3(CCC3)C2)c(C(C)(C)C)n1. The molecule has 0 amide bonds. The van der Waals surface area contributed by atoms with E-state index in [1.807, 2.05) is 25.3 Å². The molecule has 1 atom stereocenters. The highest BCUT2D eigenvalue weighted by Crippen LogP contribution is 2.53. The van der Waals surface area contributed by atoms with Crippen molar-refractivity contribution in [3.63, 3.8) is 0 Å². The van der Waals surface area contributed by atoms with Gasteiger partial charge >= 0.3 is 0 Å². The van der Waals surface area contributed by atoms with Gasteiger partial charge in [-0.25, -0.2) is 8.42 Å². The van der Waals surface area contributed by atoms with Crippen LogP contribution in [0.5, 0.6) is 0 Å². The van der Waals surface area contributed by atoms with Gasteiger partial charge in [0.25, 0.3) is 0 Å². The molecule has 148 valence electrons. The molecule has 0 N–H and O–H groups in total. The van der Waals surface area contributed by atoms with Crippen LogP contribution in [0.4, 0.5) is 0 Å². The lowest BCUT2D eigenvalue weighted by atomic mass is 9.63. The van der Waals surface area contributed by atoms with Crippen molar-refractivity contribution in [1.29, 1.82) is 0 Å². The summed E-state index contributed by atoms with van der Waals surface area (Å²) in [5, 5.41) is 12.2. The summed E-state index contributed by atoms with van der Waals surface area (Å²) in [6.07, 6.45) is 8.42. The maximum atomic E-state index is 13.5. The number of sulfonamides is 1. The van der Waals surface area contributed by atoms with Crippen LogP contribution in [0.2, 0.25) is 0 Å². The molecule has 2 aliphatic rings. The van der Waals surface area contributed by atoms with E-state index < -0.39 is 10.0 Å². The number of aromatic nitrogens is 5. The summed E-state index contributed by atoms with van der Waals surface area (Å²) in [5.41, 5.74) is 0.385. The van der Waals surface area contributed by atoms with Crippen LogP contribution in [0, 0.1) is 11.3 Å². The maximum absolute atomic E-state index is 13.5. The minimum Gasteiger partial charge on any atom is -0.320 e. The molecule has 3 heterocycles. The summed E-state index contributed by atoms with van der Waals surface area (Å²) >= 11 is 0. The first-order valence-corrected chi connectivity index (χ1v) is 10.9. The molecule has 2 aromatic heterocycles. The Labute approximate surface area is 160 Å². The first-order valence-electron chi connectivity index (χ1n) is 9.49. The molecule has 2 fully saturated rings. The minimum atomic E-state index is -3.58. The van der Waals surface area contributed by atoms with Crippen molar-refractivity contribution in [2.24, 2.45) is 18.4 Å². The third-order valence-corrected chi connectivity index (χ3v) is 7.96. The van der Waals surface area contributed by atoms with Gasteiger partial charge in [-0.05, 0) is 24.2 Å². The maximum Gasteiger partial charge on any atom is 0.246 e. The number of nitrogens with zero attached hydrogens (tertiary/aromatic N) is 6. The molecular weight excluding hydrogens is 364 g/mol. The highest BCUT2D eigenvalue weighted by molar-refractivity contribution is 7.89. The fourth-order valence-electron chi connectivity index (χ4n) is 4.50. The van der Waals surface area contributed by atoms with Crippen molar-refractivity contribution < 1.29 is 8.42 Å². The Morgan fingerprint density at radius 1 is 1.22 bits per heavy atom. The van der Waals surface area contributed by atoms with Crippen molar-refractivity contribution in [2.75, 3.05) is 13.1 Å². The lowest BCUT2D eigenvalue weighted by Gasteiger charge is -2.43. The van der Waals surface area contributed by atoms with Gasteiger partial charge in [0.05, 0.1) is 5.69 Å². The molecule has 27 heavy (non-hydrogen) atoms. The number of aryl methyl sites for hydroxylation is 1. The minimum absolute atomic E-state index is 0.0848. The van der Waals surface area contributed by atoms with Crippen LogP contribution in [0.3, 0.4) is 0 Å². The van der Waals surface area contributed by atoms with Crippen LogP contribution in [0.15, 0.2) is 23.7 Å². The van der Waals surface area contributed by atoms with Gasteiger partial charge in [0.1, 0.15) is 17.6 Å². The van der Waals surface area contributed by atoms with Gasteiger partial charge < -0.3 is 4.57 Å². The first kappa shape index (κ1) is 18.6. The predicted octanol–water partition coefficient (Wildman–Crippen LogP) is 1.80. The van der Waals surface area contributed by atoms with E-state index in [2.05, 4.69) is 15.3 Å². The summed E-state index contributed by atoms with van der Waals surface area (Å²) < 4.78 is 32.3. The summed E-state index contributed by atoms with van der Waals surface area (Å²) in [7, 11) is -1.80. The van der Waals surface area contributed by atoms with Crippen LogP contribution in [-0.2, 0) is 29.0 Å². The Morgan fingerprint density at radius 3 is 2.44 bits per heavy atom. The predicted molar refractivity (Wildman–Crippen MR) is 100 cm³/mol. The smallest absolute Gasteiger partial charge is 0.246 e. The molecule has 0 aromatic carbocycles. The van der Waals surface area contributed by atoms with Crippen LogP contribution in [0.25, 0.3) is 0 Å². The largest absolute Gasteiger partial charge is 0.320 e. The number of hydrogen-bond donors (Lipinski definition) is 0. The molecule has 9 heteroatoms. The standard InChI is InChI=1S/C18H28N6O2S/c1-17(2,3)16-15(10-22(4)21-16)27(25,26)24-9-14(8-23-12-19-20-13-23)18(11-24)6-5-7-18/h10,12-14H,5-9,11H2,1-4H3. The molecular formula is C18H28N6O2S. The Balaban J connectivity index is 1.65. The molecule has 1 unspecified atom stereocenters. The second-order valence-corrected chi connectivity index (χ2v) is 11.0. The van der Waals surface area contributed by atoms with Crippen LogP contribution in [-0.4, -0.2) is 50.4 Å². The van der Waals surface area contributed by atoms with Crippen LogP contribution >= 0.6 is 0 Å². The lowest BCUT2D eigenvalue weighted by molar-refractivity contribution is 0.0846. The Kier molecular flexibility index (Phi) is 4.23. The fraction of sp³-hybridized carbons (Fsp3) is 0.722. The average Bonchev–Trinajstić information content (AvgIpc) is 3.24. The van der Waals surface area contributed by atoms with E-state index in [1.54, 1.807) is 34.9 Å². The highest BCUT2D eigenvalue weighted by atomic mass is 32.2. The van der Waals surface area contributed by atoms with Crippen molar-refractivity contribution in [2.45, 2.75) is 56.9 Å². The van der Waals surface area contributed by atoms with Crippen molar-refractivity contribution >= 4 is 10.0 Å². The molecule has 8 nitrogen and oxygen atoms in total. The second-order valence-electron chi connectivity index (χ2n) is 9.13. The van der Waals surface area contributed by atoms with E-state index >= 15 is 0 Å². The zero-order valence-corrected chi connectivity index (χ0v) is 17.3. The molecule has 0 bridgehead atoms. The number of hydrogen-bond acceptors (Lipinski definition) is 5. The summed E-state index contributed by atoms with van der Waals surface area (Å²) in [6.45, 7) is 7.90. The second kappa shape index (κ2) is 6.13. The quantitative estimate of drug-likeness (QED) is 0.792. The third kappa shape index (κ3) is 3.10. The van der Waals surface area contributed by atoms with E-state index in [0.717, 1.165) is 19.4 Å². The molecule has 1 aliphatic carbocycles. The van der Waals surface area contributed by atoms with Crippen LogP contribution < -0.4 is 0 Å². The zero-order chi connectivity index (χ0) is 19.4. The summed E-state index contributed by atoms with van der Waals surface area (Å²) in [6, 6.07) is 0. The Morgan fingerprint density at radius 2 is 1.89 bits per heavy atom. The van der Waals surface area contributed by atoms with Gasteiger partial charge in [0.15, 0.2) is 0 Å². The number of rotatable bonds is 4. The fourth-order valence-corrected chi connectivity index (χ4v) is 6.46. The summed E-state index contributed by atoms with van der Waals surface area (Å²) in [5.74, 6) is 0.284. The monoisotopic (exact) mass is 392 g/mol. The Bertz CT molecular complexity index is 922. The molecule has 2 aromatic rings. The molecule has 1 saturated heterocycles. The Hall–Kier alpha value is -1.74. The zero-order valence-electron chi connectivity index (χ0n) is 16.5. The van der Waals surface area contributed by atoms with Gasteiger partial charge in [-0.1, -0.05) is 27.2 Å². The summed E-state index contributed by atoms with van der Waals surface area (Å²) in [4.78, 5) is 0.344. The van der Waals surface area contributed by atoms with Gasteiger partial charge in [0, 0.05) is 38.3 Å². The molecule has 1 aliphatic heterocycles. The van der Waals surface area contributed by atoms with E-state index in [0.29, 0.717) is 23.7 Å². The van der Waals surface area contributed by atoms with Crippen molar-refractivity contribution in [3.05, 3.63) is 24.5 Å². The molecule has 4 rings (SSSR count). The lowest BCUT2D eigenvalue weighted by Crippen LogP contribution is -2.39. The van der Waals surface area contributed by atoms with Gasteiger partial charge in [-0.15, -0.1) is 10.2 Å². The van der Waals surface area contributed by atoms with Crippen molar-refractivity contribution in [1.82, 2.24) is 28.9 Å².